The Morgan fingerprint density at radius 3 is 2.75 bits per heavy atom. The van der Waals surface area contributed by atoms with E-state index >= 15 is 0 Å². The quantitative estimate of drug-likeness (QED) is 0.740. The molecule has 1 aromatic heterocycles. The maximum atomic E-state index is 11.5. The van der Waals surface area contributed by atoms with Crippen LogP contribution in [0.5, 0.6) is 0 Å². The van der Waals surface area contributed by atoms with E-state index in [-0.39, 0.29) is 12.5 Å². The van der Waals surface area contributed by atoms with Gasteiger partial charge in [0.2, 0.25) is 0 Å². The lowest BCUT2D eigenvalue weighted by Gasteiger charge is -2.01. The number of benzene rings is 1. The first-order chi connectivity index (χ1) is 7.75. The summed E-state index contributed by atoms with van der Waals surface area (Å²) >= 11 is 0. The van der Waals surface area contributed by atoms with Crippen LogP contribution < -0.4 is 0 Å². The van der Waals surface area contributed by atoms with Gasteiger partial charge in [0.15, 0.2) is 0 Å². The van der Waals surface area contributed by atoms with Gasteiger partial charge in [-0.2, -0.15) is 0 Å². The van der Waals surface area contributed by atoms with Gasteiger partial charge in [0.1, 0.15) is 12.9 Å². The standard InChI is InChI=1S/C12H11NO3/c1-9-7-15-11(13-9)12(14)16-8-10-5-3-2-4-6-10/h2-7H,8H2,1H3. The molecule has 0 spiro atoms. The molecule has 0 aliphatic heterocycles. The van der Waals surface area contributed by atoms with E-state index in [1.165, 1.54) is 6.26 Å². The number of nitrogens with zero attached hydrogens (tertiary/aromatic N) is 1. The van der Waals surface area contributed by atoms with Crippen molar-refractivity contribution in [3.63, 3.8) is 0 Å². The van der Waals surface area contributed by atoms with Crippen LogP contribution in [-0.2, 0) is 11.3 Å². The van der Waals surface area contributed by atoms with Crippen LogP contribution in [0.1, 0.15) is 21.9 Å². The van der Waals surface area contributed by atoms with Crippen LogP contribution in [0.3, 0.4) is 0 Å². The maximum absolute atomic E-state index is 11.5. The third-order valence-corrected chi connectivity index (χ3v) is 2.01. The summed E-state index contributed by atoms with van der Waals surface area (Å²) in [4.78, 5) is 15.3. The van der Waals surface area contributed by atoms with Gasteiger partial charge in [0.05, 0.1) is 5.69 Å². The van der Waals surface area contributed by atoms with Crippen LogP contribution in [0.25, 0.3) is 0 Å². The molecule has 0 aliphatic carbocycles. The Labute approximate surface area is 92.9 Å². The van der Waals surface area contributed by atoms with Gasteiger partial charge in [-0.1, -0.05) is 30.3 Å². The lowest BCUT2D eigenvalue weighted by molar-refractivity contribution is 0.0427. The van der Waals surface area contributed by atoms with Crippen molar-refractivity contribution in [3.05, 3.63) is 53.7 Å². The molecular formula is C12H11NO3. The Hall–Kier alpha value is -2.10. The average Bonchev–Trinajstić information content (AvgIpc) is 2.74. The summed E-state index contributed by atoms with van der Waals surface area (Å²) in [7, 11) is 0. The van der Waals surface area contributed by atoms with Gasteiger partial charge in [0, 0.05) is 0 Å². The number of hydrogen-bond acceptors (Lipinski definition) is 4. The molecule has 2 aromatic rings. The zero-order chi connectivity index (χ0) is 11.4. The van der Waals surface area contributed by atoms with Crippen LogP contribution in [-0.4, -0.2) is 11.0 Å². The Morgan fingerprint density at radius 1 is 1.38 bits per heavy atom. The third kappa shape index (κ3) is 2.48. The fraction of sp³-hybridized carbons (Fsp3) is 0.167. The van der Waals surface area contributed by atoms with Gasteiger partial charge in [0.25, 0.3) is 0 Å². The van der Waals surface area contributed by atoms with Crippen LogP contribution in [0, 0.1) is 6.92 Å². The van der Waals surface area contributed by atoms with Crippen molar-refractivity contribution in [2.75, 3.05) is 0 Å². The van der Waals surface area contributed by atoms with Crippen molar-refractivity contribution in [2.45, 2.75) is 13.5 Å². The Morgan fingerprint density at radius 2 is 2.12 bits per heavy atom. The molecule has 2 rings (SSSR count). The highest BCUT2D eigenvalue weighted by atomic mass is 16.5. The summed E-state index contributed by atoms with van der Waals surface area (Å²) < 4.78 is 9.96. The van der Waals surface area contributed by atoms with E-state index < -0.39 is 5.97 Å². The second-order valence-corrected chi connectivity index (χ2v) is 3.36. The summed E-state index contributed by atoms with van der Waals surface area (Å²) in [6, 6.07) is 9.45. The number of carbonyl (C=O) groups excluding carboxylic acids is 1. The SMILES string of the molecule is Cc1coc(C(=O)OCc2ccccc2)n1. The van der Waals surface area contributed by atoms with E-state index in [4.69, 9.17) is 9.15 Å². The number of rotatable bonds is 3. The number of carbonyl (C=O) groups is 1. The fourth-order valence-electron chi connectivity index (χ4n) is 1.23. The van der Waals surface area contributed by atoms with Crippen LogP contribution in [0.4, 0.5) is 0 Å². The topological polar surface area (TPSA) is 52.3 Å². The first kappa shape index (κ1) is 10.4. The number of oxazole rings is 1. The van der Waals surface area contributed by atoms with Crippen molar-refractivity contribution in [1.29, 1.82) is 0 Å². The highest BCUT2D eigenvalue weighted by molar-refractivity contribution is 5.84. The van der Waals surface area contributed by atoms with E-state index in [1.54, 1.807) is 6.92 Å². The molecule has 82 valence electrons. The van der Waals surface area contributed by atoms with Gasteiger partial charge < -0.3 is 9.15 Å². The van der Waals surface area contributed by atoms with Crippen LogP contribution in [0.15, 0.2) is 41.0 Å². The Balaban J connectivity index is 1.94. The number of aryl methyl sites for hydroxylation is 1. The second-order valence-electron chi connectivity index (χ2n) is 3.36. The summed E-state index contributed by atoms with van der Waals surface area (Å²) in [5, 5.41) is 0. The molecule has 0 atom stereocenters. The average molecular weight is 217 g/mol. The van der Waals surface area contributed by atoms with Gasteiger partial charge in [-0.05, 0) is 12.5 Å². The predicted octanol–water partition coefficient (Wildman–Crippen LogP) is 2.34. The molecular weight excluding hydrogens is 206 g/mol. The maximum Gasteiger partial charge on any atom is 0.394 e. The molecule has 0 amide bonds. The smallest absolute Gasteiger partial charge is 0.394 e. The molecule has 0 aliphatic rings. The minimum atomic E-state index is -0.544. The first-order valence-electron chi connectivity index (χ1n) is 4.89. The van der Waals surface area contributed by atoms with Crippen molar-refractivity contribution in [3.8, 4) is 0 Å². The summed E-state index contributed by atoms with van der Waals surface area (Å²) in [5.74, 6) is -0.551. The fourth-order valence-corrected chi connectivity index (χ4v) is 1.23. The molecule has 0 N–H and O–H groups in total. The molecule has 1 heterocycles. The minimum absolute atomic E-state index is 0.00608. The third-order valence-electron chi connectivity index (χ3n) is 2.01. The van der Waals surface area contributed by atoms with E-state index in [2.05, 4.69) is 4.98 Å². The molecule has 0 fully saturated rings. The molecule has 4 heteroatoms. The van der Waals surface area contributed by atoms with Crippen molar-refractivity contribution >= 4 is 5.97 Å². The second kappa shape index (κ2) is 4.61. The zero-order valence-corrected chi connectivity index (χ0v) is 8.84. The lowest BCUT2D eigenvalue weighted by Crippen LogP contribution is -2.05. The monoisotopic (exact) mass is 217 g/mol. The molecule has 0 unspecified atom stereocenters. The first-order valence-corrected chi connectivity index (χ1v) is 4.89. The number of esters is 1. The largest absolute Gasteiger partial charge is 0.454 e. The predicted molar refractivity (Wildman–Crippen MR) is 56.8 cm³/mol. The molecule has 0 saturated heterocycles. The van der Waals surface area contributed by atoms with E-state index in [0.717, 1.165) is 5.56 Å². The van der Waals surface area contributed by atoms with Crippen molar-refractivity contribution in [1.82, 2.24) is 4.98 Å². The van der Waals surface area contributed by atoms with Gasteiger partial charge >= 0.3 is 11.9 Å². The Bertz CT molecular complexity index is 476. The molecule has 0 bridgehead atoms. The van der Waals surface area contributed by atoms with Gasteiger partial charge in [-0.3, -0.25) is 0 Å². The van der Waals surface area contributed by atoms with Crippen molar-refractivity contribution in [2.24, 2.45) is 0 Å². The van der Waals surface area contributed by atoms with Crippen molar-refractivity contribution < 1.29 is 13.9 Å². The van der Waals surface area contributed by atoms with Gasteiger partial charge in [-0.15, -0.1) is 0 Å². The normalized spacial score (nSPS) is 10.1. The molecule has 1 aromatic carbocycles. The summed E-state index contributed by atoms with van der Waals surface area (Å²) in [5.41, 5.74) is 1.59. The van der Waals surface area contributed by atoms with E-state index in [1.807, 2.05) is 30.3 Å². The summed E-state index contributed by atoms with van der Waals surface area (Å²) in [6.07, 6.45) is 1.42. The van der Waals surface area contributed by atoms with E-state index in [9.17, 15) is 4.79 Å². The molecule has 0 radical (unpaired) electrons. The highest BCUT2D eigenvalue weighted by Crippen LogP contribution is 2.06. The number of ether oxygens (including phenoxy) is 1. The number of aromatic nitrogens is 1. The number of hydrogen-bond donors (Lipinski definition) is 0. The lowest BCUT2D eigenvalue weighted by atomic mass is 10.2. The van der Waals surface area contributed by atoms with Crippen LogP contribution >= 0.6 is 0 Å². The Kier molecular flexibility index (Phi) is 3.00. The van der Waals surface area contributed by atoms with Gasteiger partial charge in [-0.25, -0.2) is 9.78 Å². The molecule has 0 saturated carbocycles. The minimum Gasteiger partial charge on any atom is -0.454 e. The highest BCUT2D eigenvalue weighted by Gasteiger charge is 2.13. The zero-order valence-electron chi connectivity index (χ0n) is 8.84. The summed E-state index contributed by atoms with van der Waals surface area (Å²) in [6.45, 7) is 1.97. The molecule has 16 heavy (non-hydrogen) atoms. The molecule has 4 nitrogen and oxygen atoms in total. The van der Waals surface area contributed by atoms with E-state index in [0.29, 0.717) is 5.69 Å². The van der Waals surface area contributed by atoms with Crippen LogP contribution in [0.2, 0.25) is 0 Å².